The second kappa shape index (κ2) is 7.55. The Labute approximate surface area is 179 Å². The molecule has 2 aliphatic carbocycles. The molecule has 1 saturated heterocycles. The predicted octanol–water partition coefficient (Wildman–Crippen LogP) is 2.01. The van der Waals surface area contributed by atoms with Gasteiger partial charge < -0.3 is 14.8 Å². The van der Waals surface area contributed by atoms with Crippen molar-refractivity contribution in [2.24, 2.45) is 17.8 Å². The lowest BCUT2D eigenvalue weighted by atomic mass is 9.83. The van der Waals surface area contributed by atoms with Gasteiger partial charge in [-0.1, -0.05) is 6.42 Å². The van der Waals surface area contributed by atoms with Crippen LogP contribution in [0, 0.1) is 17.8 Å². The van der Waals surface area contributed by atoms with E-state index in [0.29, 0.717) is 42.2 Å². The van der Waals surface area contributed by atoms with Crippen molar-refractivity contribution >= 4 is 29.4 Å². The summed E-state index contributed by atoms with van der Waals surface area (Å²) >= 11 is 0. The van der Waals surface area contributed by atoms with Crippen molar-refractivity contribution in [2.45, 2.75) is 38.6 Å². The predicted molar refractivity (Wildman–Crippen MR) is 108 cm³/mol. The van der Waals surface area contributed by atoms with Gasteiger partial charge in [0.1, 0.15) is 19.8 Å². The molecule has 3 fully saturated rings. The number of amides is 5. The van der Waals surface area contributed by atoms with Crippen LogP contribution < -0.4 is 14.8 Å². The Morgan fingerprint density at radius 2 is 1.87 bits per heavy atom. The molecule has 9 nitrogen and oxygen atoms in total. The van der Waals surface area contributed by atoms with Gasteiger partial charge in [-0.15, -0.1) is 0 Å². The smallest absolute Gasteiger partial charge is 0.334 e. The standard InChI is InChI=1S/C22H25N3O6/c1-12(16-9-13-2-3-14(16)8-13)25-21(28)20(27)24(22(25)29)11-19(26)23-15-4-5-17-18(10-15)31-7-6-30-17/h4-5,10,12-14,16H,2-3,6-9,11H2,1H3,(H,23,26)/t12-,13-,14-,16+/m0/s1. The summed E-state index contributed by atoms with van der Waals surface area (Å²) in [7, 11) is 0. The van der Waals surface area contributed by atoms with Crippen molar-refractivity contribution in [3.05, 3.63) is 18.2 Å². The summed E-state index contributed by atoms with van der Waals surface area (Å²) in [5.41, 5.74) is 0.451. The van der Waals surface area contributed by atoms with E-state index in [1.54, 1.807) is 18.2 Å². The first-order valence-corrected chi connectivity index (χ1v) is 10.8. The number of anilines is 1. The van der Waals surface area contributed by atoms with E-state index in [1.807, 2.05) is 6.92 Å². The quantitative estimate of drug-likeness (QED) is 0.569. The number of imide groups is 2. The maximum Gasteiger partial charge on any atom is 0.334 e. The molecule has 2 saturated carbocycles. The first-order chi connectivity index (χ1) is 14.9. The van der Waals surface area contributed by atoms with Crippen molar-refractivity contribution < 1.29 is 28.7 Å². The minimum Gasteiger partial charge on any atom is -0.486 e. The molecule has 164 valence electrons. The first-order valence-electron chi connectivity index (χ1n) is 10.8. The average molecular weight is 427 g/mol. The summed E-state index contributed by atoms with van der Waals surface area (Å²) < 4.78 is 10.9. The van der Waals surface area contributed by atoms with Crippen LogP contribution in [0.5, 0.6) is 11.5 Å². The number of nitrogens with zero attached hydrogens (tertiary/aromatic N) is 2. The van der Waals surface area contributed by atoms with E-state index >= 15 is 0 Å². The lowest BCUT2D eigenvalue weighted by molar-refractivity contribution is -0.144. The van der Waals surface area contributed by atoms with E-state index in [1.165, 1.54) is 6.42 Å². The third kappa shape index (κ3) is 3.41. The van der Waals surface area contributed by atoms with E-state index in [2.05, 4.69) is 5.32 Å². The van der Waals surface area contributed by atoms with Crippen LogP contribution in [0.2, 0.25) is 0 Å². The zero-order valence-corrected chi connectivity index (χ0v) is 17.3. The molecule has 4 atom stereocenters. The van der Waals surface area contributed by atoms with Gasteiger partial charge in [-0.25, -0.2) is 9.69 Å². The molecular weight excluding hydrogens is 402 g/mol. The van der Waals surface area contributed by atoms with Gasteiger partial charge in [0.2, 0.25) is 5.91 Å². The molecule has 0 radical (unpaired) electrons. The van der Waals surface area contributed by atoms with Crippen LogP contribution in [-0.2, 0) is 14.4 Å². The number of carbonyl (C=O) groups excluding carboxylic acids is 4. The number of nitrogens with one attached hydrogen (secondary N) is 1. The highest BCUT2D eigenvalue weighted by atomic mass is 16.6. The summed E-state index contributed by atoms with van der Waals surface area (Å²) in [6.07, 6.45) is 4.45. The van der Waals surface area contributed by atoms with Gasteiger partial charge >= 0.3 is 17.8 Å². The van der Waals surface area contributed by atoms with Crippen molar-refractivity contribution in [1.29, 1.82) is 0 Å². The molecule has 1 aromatic rings. The van der Waals surface area contributed by atoms with Gasteiger partial charge in [-0.3, -0.25) is 19.3 Å². The second-order valence-corrected chi connectivity index (χ2v) is 8.83. The van der Waals surface area contributed by atoms with Gasteiger partial charge in [-0.05, 0) is 56.1 Å². The minimum absolute atomic E-state index is 0.228. The zero-order valence-electron chi connectivity index (χ0n) is 17.3. The van der Waals surface area contributed by atoms with Crippen LogP contribution in [0.3, 0.4) is 0 Å². The summed E-state index contributed by atoms with van der Waals surface area (Å²) in [5, 5.41) is 2.65. The highest BCUT2D eigenvalue weighted by Crippen LogP contribution is 2.50. The number of fused-ring (bicyclic) bond motifs is 3. The Balaban J connectivity index is 1.25. The summed E-state index contributed by atoms with van der Waals surface area (Å²) in [4.78, 5) is 52.3. The number of ether oxygens (including phenoxy) is 2. The third-order valence-corrected chi connectivity index (χ3v) is 7.03. The number of benzene rings is 1. The Kier molecular flexibility index (Phi) is 4.83. The SMILES string of the molecule is C[C@@H]([C@H]1C[C@H]2CC[C@H]1C2)N1C(=O)C(=O)N(CC(=O)Nc2ccc3c(c2)OCCO3)C1=O. The fourth-order valence-corrected chi connectivity index (χ4v) is 5.56. The molecule has 1 aromatic carbocycles. The lowest BCUT2D eigenvalue weighted by Crippen LogP contribution is -2.45. The molecule has 0 spiro atoms. The molecule has 5 rings (SSSR count). The Hall–Kier alpha value is -3.10. The van der Waals surface area contributed by atoms with Crippen molar-refractivity contribution in [3.8, 4) is 11.5 Å². The molecule has 2 aliphatic heterocycles. The van der Waals surface area contributed by atoms with Crippen LogP contribution in [0.4, 0.5) is 10.5 Å². The molecule has 2 heterocycles. The molecule has 9 heteroatoms. The molecule has 4 aliphatic rings. The number of hydrogen-bond acceptors (Lipinski definition) is 6. The van der Waals surface area contributed by atoms with Gasteiger partial charge in [0.15, 0.2) is 11.5 Å². The van der Waals surface area contributed by atoms with Gasteiger partial charge in [-0.2, -0.15) is 0 Å². The van der Waals surface area contributed by atoms with Crippen molar-refractivity contribution in [2.75, 3.05) is 25.1 Å². The molecule has 2 bridgehead atoms. The van der Waals surface area contributed by atoms with Gasteiger partial charge in [0.25, 0.3) is 0 Å². The van der Waals surface area contributed by atoms with E-state index in [-0.39, 0.29) is 12.0 Å². The number of hydrogen-bond donors (Lipinski definition) is 1. The second-order valence-electron chi connectivity index (χ2n) is 8.83. The van der Waals surface area contributed by atoms with Crippen molar-refractivity contribution in [1.82, 2.24) is 9.80 Å². The molecule has 31 heavy (non-hydrogen) atoms. The van der Waals surface area contributed by atoms with Crippen molar-refractivity contribution in [3.63, 3.8) is 0 Å². The molecule has 1 N–H and O–H groups in total. The fourth-order valence-electron chi connectivity index (χ4n) is 5.56. The van der Waals surface area contributed by atoms with E-state index in [0.717, 1.165) is 29.1 Å². The normalized spacial score (nSPS) is 27.8. The van der Waals surface area contributed by atoms with E-state index in [9.17, 15) is 19.2 Å². The maximum absolute atomic E-state index is 12.9. The Morgan fingerprint density at radius 1 is 1.10 bits per heavy atom. The number of urea groups is 1. The van der Waals surface area contributed by atoms with E-state index < -0.39 is 30.3 Å². The third-order valence-electron chi connectivity index (χ3n) is 7.03. The van der Waals surface area contributed by atoms with Gasteiger partial charge in [0.05, 0.1) is 0 Å². The first kappa shape index (κ1) is 19.8. The summed E-state index contributed by atoms with van der Waals surface area (Å²) in [5.74, 6) is 0.136. The monoisotopic (exact) mass is 427 g/mol. The van der Waals surface area contributed by atoms with Gasteiger partial charge in [0, 0.05) is 17.8 Å². The van der Waals surface area contributed by atoms with Crippen LogP contribution in [0.1, 0.15) is 32.6 Å². The van der Waals surface area contributed by atoms with Crippen LogP contribution in [0.25, 0.3) is 0 Å². The molecule has 0 unspecified atom stereocenters. The van der Waals surface area contributed by atoms with Crippen LogP contribution >= 0.6 is 0 Å². The average Bonchev–Trinajstić information content (AvgIpc) is 3.45. The Bertz CT molecular complexity index is 963. The Morgan fingerprint density at radius 3 is 2.58 bits per heavy atom. The largest absolute Gasteiger partial charge is 0.486 e. The summed E-state index contributed by atoms with van der Waals surface area (Å²) in [6.45, 7) is 2.20. The molecule has 0 aromatic heterocycles. The number of carbonyl (C=O) groups is 4. The van der Waals surface area contributed by atoms with Crippen LogP contribution in [0.15, 0.2) is 18.2 Å². The van der Waals surface area contributed by atoms with E-state index in [4.69, 9.17) is 9.47 Å². The fraction of sp³-hybridized carbons (Fsp3) is 0.545. The minimum atomic E-state index is -0.947. The molecular formula is C22H25N3O6. The summed E-state index contributed by atoms with van der Waals surface area (Å²) in [6, 6.07) is 3.90. The zero-order chi connectivity index (χ0) is 21.7. The maximum atomic E-state index is 12.9. The number of rotatable bonds is 5. The van der Waals surface area contributed by atoms with Crippen LogP contribution in [-0.4, -0.2) is 59.4 Å². The highest BCUT2D eigenvalue weighted by Gasteiger charge is 2.52. The molecule has 5 amide bonds. The highest BCUT2D eigenvalue weighted by molar-refractivity contribution is 6.45. The topological polar surface area (TPSA) is 105 Å². The lowest BCUT2D eigenvalue weighted by Gasteiger charge is -2.32.